The van der Waals surface area contributed by atoms with Gasteiger partial charge in [0.1, 0.15) is 0 Å². The Morgan fingerprint density at radius 2 is 1.60 bits per heavy atom. The van der Waals surface area contributed by atoms with Gasteiger partial charge < -0.3 is 0 Å². The van der Waals surface area contributed by atoms with Crippen LogP contribution in [0.4, 0.5) is 0 Å². The number of allylic oxidation sites excluding steroid dienone is 1. The van der Waals surface area contributed by atoms with Gasteiger partial charge in [-0.15, -0.1) is 6.58 Å². The highest BCUT2D eigenvalue weighted by molar-refractivity contribution is 7.59. The van der Waals surface area contributed by atoms with Crippen LogP contribution in [0.5, 0.6) is 0 Å². The van der Waals surface area contributed by atoms with Crippen LogP contribution < -0.4 is 6.15 Å². The molecule has 0 heterocycles. The molecule has 2 heteroatoms. The Morgan fingerprint density at radius 3 is 1.60 bits per heavy atom. The molecule has 0 saturated heterocycles. The molecular formula is C3H6NS. The van der Waals surface area contributed by atoms with Crippen LogP contribution in [0.15, 0.2) is 12.7 Å². The molecule has 0 atom stereocenters. The summed E-state index contributed by atoms with van der Waals surface area (Å²) in [6, 6.07) is 0. The van der Waals surface area contributed by atoms with E-state index in [1.165, 1.54) is 0 Å². The van der Waals surface area contributed by atoms with Crippen LogP contribution in [0.2, 0.25) is 0 Å². The van der Waals surface area contributed by atoms with E-state index in [-0.39, 0.29) is 19.6 Å². The van der Waals surface area contributed by atoms with Crippen molar-refractivity contribution in [1.29, 1.82) is 0 Å². The van der Waals surface area contributed by atoms with Crippen LogP contribution in [0.3, 0.4) is 0 Å². The van der Waals surface area contributed by atoms with E-state index in [0.717, 1.165) is 0 Å². The zero-order valence-corrected chi connectivity index (χ0v) is 3.96. The standard InChI is InChI=1S/C3H6.N.S/c1-3-2;;/h3H,1H2,2H3;;. The molecule has 5 heavy (non-hydrogen) atoms. The first-order chi connectivity index (χ1) is 1.41. The zero-order chi connectivity index (χ0) is 2.71. The lowest BCUT2D eigenvalue weighted by atomic mass is 10.8. The predicted molar refractivity (Wildman–Crippen MR) is 25.6 cm³/mol. The fraction of sp³-hybridized carbons (Fsp3) is 0.333. The lowest BCUT2D eigenvalue weighted by Gasteiger charge is -1.31. The predicted octanol–water partition coefficient (Wildman–Crippen LogP) is 1.36. The van der Waals surface area contributed by atoms with Crippen molar-refractivity contribution in [2.45, 2.75) is 6.92 Å². The van der Waals surface area contributed by atoms with Crippen molar-refractivity contribution in [3.8, 4) is 0 Å². The highest BCUT2D eigenvalue weighted by atomic mass is 32.1. The molecule has 0 N–H and O–H groups in total. The maximum Gasteiger partial charge on any atom is 0 e. The van der Waals surface area contributed by atoms with Gasteiger partial charge in [0.05, 0.1) is 0 Å². The Kier molecular flexibility index (Phi) is 135. The molecule has 0 bridgehead atoms. The van der Waals surface area contributed by atoms with Crippen molar-refractivity contribution in [3.05, 3.63) is 12.7 Å². The second-order valence-electron chi connectivity index (χ2n) is 0.408. The van der Waals surface area contributed by atoms with Crippen molar-refractivity contribution in [2.24, 2.45) is 0 Å². The van der Waals surface area contributed by atoms with Crippen LogP contribution in [0.1, 0.15) is 6.92 Å². The van der Waals surface area contributed by atoms with Crippen molar-refractivity contribution in [3.63, 3.8) is 0 Å². The molecule has 0 aromatic carbocycles. The first-order valence-electron chi connectivity index (χ1n) is 0.986. The van der Waals surface area contributed by atoms with E-state index in [9.17, 15) is 0 Å². The van der Waals surface area contributed by atoms with Gasteiger partial charge in [-0.05, 0) is 6.92 Å². The SMILES string of the molecule is C=CC.[N].[S]. The largest absolute Gasteiger partial charge is 0.103 e. The molecule has 0 aliphatic heterocycles. The molecule has 1 nitrogen and oxygen atoms in total. The molecule has 0 spiro atoms. The fourth-order valence-electron chi connectivity index (χ4n) is 0. The van der Waals surface area contributed by atoms with Gasteiger partial charge in [0.25, 0.3) is 0 Å². The Bertz CT molecular complexity index is 14.4. The number of hydrogen-bond donors (Lipinski definition) is 0. The Hall–Kier alpha value is 0.0500. The summed E-state index contributed by atoms with van der Waals surface area (Å²) in [6.45, 7) is 5.25. The Labute approximate surface area is 40.1 Å². The molecule has 0 aromatic rings. The van der Waals surface area contributed by atoms with E-state index in [2.05, 4.69) is 6.58 Å². The van der Waals surface area contributed by atoms with E-state index >= 15 is 0 Å². The van der Waals surface area contributed by atoms with Crippen LogP contribution in [-0.4, -0.2) is 0 Å². The highest BCUT2D eigenvalue weighted by Gasteiger charge is 1.15. The third-order valence-corrected chi connectivity index (χ3v) is 0. The lowest BCUT2D eigenvalue weighted by molar-refractivity contribution is 1.80. The number of hydrogen-bond acceptors (Lipinski definition) is 0. The second-order valence-corrected chi connectivity index (χ2v) is 0.408. The zero-order valence-electron chi connectivity index (χ0n) is 3.14. The molecule has 0 rings (SSSR count). The topological polar surface area (TPSA) is 30.5 Å². The quantitative estimate of drug-likeness (QED) is 0.400. The van der Waals surface area contributed by atoms with Crippen LogP contribution in [0.25, 0.3) is 0 Å². The van der Waals surface area contributed by atoms with Crippen molar-refractivity contribution in [2.75, 3.05) is 0 Å². The molecule has 29 valence electrons. The van der Waals surface area contributed by atoms with Crippen molar-refractivity contribution >= 4 is 13.5 Å². The Balaban J connectivity index is -0.0000000200. The summed E-state index contributed by atoms with van der Waals surface area (Å²) in [6.07, 6.45) is 1.75. The third-order valence-electron chi connectivity index (χ3n) is 0. The molecule has 0 aliphatic carbocycles. The maximum absolute atomic E-state index is 3.36. The summed E-state index contributed by atoms with van der Waals surface area (Å²) in [4.78, 5) is 0. The van der Waals surface area contributed by atoms with E-state index in [1.807, 2.05) is 6.92 Å². The van der Waals surface area contributed by atoms with Gasteiger partial charge in [0.15, 0.2) is 0 Å². The highest BCUT2D eigenvalue weighted by Crippen LogP contribution is 1.38. The van der Waals surface area contributed by atoms with Gasteiger partial charge in [-0.25, -0.2) is 0 Å². The molecule has 0 unspecified atom stereocenters. The molecule has 5 radical (unpaired) electrons. The van der Waals surface area contributed by atoms with Crippen molar-refractivity contribution < 1.29 is 0 Å². The minimum absolute atomic E-state index is 0. The lowest BCUT2D eigenvalue weighted by Crippen LogP contribution is -1.07. The fourth-order valence-corrected chi connectivity index (χ4v) is 0. The van der Waals surface area contributed by atoms with Crippen molar-refractivity contribution in [1.82, 2.24) is 6.15 Å². The van der Waals surface area contributed by atoms with Gasteiger partial charge in [-0.2, -0.15) is 0 Å². The summed E-state index contributed by atoms with van der Waals surface area (Å²) >= 11 is 0. The monoisotopic (exact) mass is 88.0 g/mol. The maximum atomic E-state index is 3.36. The molecular weight excluding hydrogens is 82.1 g/mol. The van der Waals surface area contributed by atoms with Gasteiger partial charge in [0.2, 0.25) is 0 Å². The van der Waals surface area contributed by atoms with Crippen LogP contribution in [-0.2, 0) is 0 Å². The summed E-state index contributed by atoms with van der Waals surface area (Å²) < 4.78 is 0. The summed E-state index contributed by atoms with van der Waals surface area (Å²) in [5.41, 5.74) is 0. The summed E-state index contributed by atoms with van der Waals surface area (Å²) in [5.74, 6) is 0. The molecule has 0 aliphatic rings. The summed E-state index contributed by atoms with van der Waals surface area (Å²) in [5, 5.41) is 0. The number of rotatable bonds is 0. The van der Waals surface area contributed by atoms with E-state index in [4.69, 9.17) is 0 Å². The van der Waals surface area contributed by atoms with Gasteiger partial charge in [0, 0.05) is 19.6 Å². The molecule has 0 aromatic heterocycles. The minimum atomic E-state index is 0. The smallest absolute Gasteiger partial charge is 0 e. The average molecular weight is 88.2 g/mol. The number of nitrogens with zero attached hydrogens (tertiary/aromatic N) is 1. The molecule has 0 saturated carbocycles. The average Bonchev–Trinajstić information content (AvgIpc) is 0.918. The van der Waals surface area contributed by atoms with Gasteiger partial charge in [-0.1, -0.05) is 6.08 Å². The molecule has 0 amide bonds. The normalized spacial score (nSPS) is 2.60. The van der Waals surface area contributed by atoms with E-state index in [0.29, 0.717) is 0 Å². The van der Waals surface area contributed by atoms with Crippen LogP contribution in [0, 0.1) is 0 Å². The third kappa shape index (κ3) is 6810. The second kappa shape index (κ2) is 34.2. The summed E-state index contributed by atoms with van der Waals surface area (Å²) in [7, 11) is 0. The van der Waals surface area contributed by atoms with E-state index < -0.39 is 0 Å². The first kappa shape index (κ1) is 19.7. The van der Waals surface area contributed by atoms with Gasteiger partial charge >= 0.3 is 0 Å². The Morgan fingerprint density at radius 1 is 1.60 bits per heavy atom. The first-order valence-corrected chi connectivity index (χ1v) is 0.986. The van der Waals surface area contributed by atoms with Gasteiger partial charge in [-0.3, -0.25) is 0 Å². The molecule has 0 fully saturated rings. The van der Waals surface area contributed by atoms with Crippen LogP contribution >= 0.6 is 13.5 Å². The van der Waals surface area contributed by atoms with E-state index in [1.54, 1.807) is 6.08 Å². The minimum Gasteiger partial charge on any atom is -0.103 e.